The van der Waals surface area contributed by atoms with E-state index in [0.717, 1.165) is 17.1 Å². The molecule has 1 aromatic heterocycles. The minimum atomic E-state index is -1.09. The Morgan fingerprint density at radius 2 is 2.05 bits per heavy atom. The van der Waals surface area contributed by atoms with Crippen LogP contribution < -0.4 is 10.6 Å². The number of aliphatic carboxylic acids is 1. The van der Waals surface area contributed by atoms with Crippen LogP contribution in [-0.2, 0) is 9.53 Å². The Labute approximate surface area is 123 Å². The average Bonchev–Trinajstić information content (AvgIpc) is 2.73. The number of carboxylic acid groups (broad SMARTS) is 1. The van der Waals surface area contributed by atoms with E-state index in [9.17, 15) is 9.59 Å². The summed E-state index contributed by atoms with van der Waals surface area (Å²) in [6.07, 6.45) is 0.206. The molecule has 1 heterocycles. The Hall–Kier alpha value is -2.02. The van der Waals surface area contributed by atoms with Gasteiger partial charge in [-0.05, 0) is 26.8 Å². The number of carbonyl (C=O) groups excluding carboxylic acids is 1. The van der Waals surface area contributed by atoms with Crippen molar-refractivity contribution in [3.63, 3.8) is 0 Å². The van der Waals surface area contributed by atoms with Crippen LogP contribution in [0, 0.1) is 13.8 Å². The predicted octanol–water partition coefficient (Wildman–Crippen LogP) is 1.75. The van der Waals surface area contributed by atoms with Gasteiger partial charge in [0.15, 0.2) is 0 Å². The number of rotatable bonds is 7. The van der Waals surface area contributed by atoms with Crippen LogP contribution in [-0.4, -0.2) is 36.9 Å². The molecule has 0 fully saturated rings. The third-order valence-electron chi connectivity index (χ3n) is 3.11. The third-order valence-corrected chi connectivity index (χ3v) is 3.11. The van der Waals surface area contributed by atoms with Crippen LogP contribution in [0.25, 0.3) is 0 Å². The molecule has 0 aliphatic heterocycles. The summed E-state index contributed by atoms with van der Waals surface area (Å²) in [4.78, 5) is 22.9. The van der Waals surface area contributed by atoms with Crippen molar-refractivity contribution in [1.29, 1.82) is 0 Å². The third kappa shape index (κ3) is 5.11. The first-order chi connectivity index (χ1) is 9.85. The van der Waals surface area contributed by atoms with Crippen molar-refractivity contribution in [2.75, 3.05) is 13.7 Å². The number of furan rings is 1. The normalized spacial score (nSPS) is 13.5. The van der Waals surface area contributed by atoms with Crippen LogP contribution in [0.15, 0.2) is 10.5 Å². The molecule has 0 aliphatic rings. The fourth-order valence-corrected chi connectivity index (χ4v) is 2.05. The van der Waals surface area contributed by atoms with Crippen molar-refractivity contribution < 1.29 is 23.8 Å². The highest BCUT2D eigenvalue weighted by molar-refractivity contribution is 5.82. The van der Waals surface area contributed by atoms with Crippen LogP contribution >= 0.6 is 0 Å². The van der Waals surface area contributed by atoms with Gasteiger partial charge in [0.05, 0.1) is 6.04 Å². The maximum atomic E-state index is 11.9. The minimum absolute atomic E-state index is 0.206. The zero-order valence-corrected chi connectivity index (χ0v) is 12.7. The topological polar surface area (TPSA) is 101 Å². The van der Waals surface area contributed by atoms with Crippen LogP contribution in [0.4, 0.5) is 4.79 Å². The van der Waals surface area contributed by atoms with Crippen LogP contribution in [0.1, 0.15) is 36.5 Å². The van der Waals surface area contributed by atoms with Crippen molar-refractivity contribution in [3.8, 4) is 0 Å². The number of methoxy groups -OCH3 is 1. The maximum absolute atomic E-state index is 11.9. The molecule has 0 bridgehead atoms. The standard InChI is InChI=1S/C14H22N2O5/c1-8-7-11(10(3)21-8)9(2)15-14(19)16-12(13(17)18)5-6-20-4/h7,9,12H,5-6H2,1-4H3,(H,17,18)(H2,15,16,19). The maximum Gasteiger partial charge on any atom is 0.326 e. The first-order valence-electron chi connectivity index (χ1n) is 6.70. The lowest BCUT2D eigenvalue weighted by molar-refractivity contribution is -0.139. The molecular formula is C14H22N2O5. The number of nitrogens with one attached hydrogen (secondary N) is 2. The predicted molar refractivity (Wildman–Crippen MR) is 76.2 cm³/mol. The summed E-state index contributed by atoms with van der Waals surface area (Å²) in [5, 5.41) is 14.2. The van der Waals surface area contributed by atoms with Crippen molar-refractivity contribution >= 4 is 12.0 Å². The van der Waals surface area contributed by atoms with Crippen molar-refractivity contribution in [3.05, 3.63) is 23.2 Å². The second kappa shape index (κ2) is 7.68. The Balaban J connectivity index is 2.59. The molecular weight excluding hydrogens is 276 g/mol. The van der Waals surface area contributed by atoms with Gasteiger partial charge in [0, 0.05) is 25.7 Å². The van der Waals surface area contributed by atoms with E-state index in [1.807, 2.05) is 26.8 Å². The van der Waals surface area contributed by atoms with Crippen molar-refractivity contribution in [2.45, 2.75) is 39.3 Å². The first-order valence-corrected chi connectivity index (χ1v) is 6.70. The van der Waals surface area contributed by atoms with E-state index in [1.54, 1.807) is 0 Å². The number of ether oxygens (including phenoxy) is 1. The van der Waals surface area contributed by atoms with Gasteiger partial charge >= 0.3 is 12.0 Å². The highest BCUT2D eigenvalue weighted by atomic mass is 16.5. The summed E-state index contributed by atoms with van der Waals surface area (Å²) in [6.45, 7) is 5.71. The molecule has 2 atom stereocenters. The smallest absolute Gasteiger partial charge is 0.326 e. The zero-order chi connectivity index (χ0) is 16.0. The first kappa shape index (κ1) is 17.0. The minimum Gasteiger partial charge on any atom is -0.480 e. The molecule has 7 heteroatoms. The van der Waals surface area contributed by atoms with Crippen LogP contribution in [0.2, 0.25) is 0 Å². The summed E-state index contributed by atoms with van der Waals surface area (Å²) in [5.74, 6) is 0.403. The number of urea groups is 1. The molecule has 118 valence electrons. The lowest BCUT2D eigenvalue weighted by Gasteiger charge is -2.18. The molecule has 7 nitrogen and oxygen atoms in total. The van der Waals surface area contributed by atoms with Crippen LogP contribution in [0.3, 0.4) is 0 Å². The number of aryl methyl sites for hydroxylation is 2. The van der Waals surface area contributed by atoms with E-state index in [2.05, 4.69) is 10.6 Å². The molecule has 1 rings (SSSR count). The summed E-state index contributed by atoms with van der Waals surface area (Å²) < 4.78 is 10.2. The van der Waals surface area contributed by atoms with Gasteiger partial charge < -0.3 is 24.9 Å². The molecule has 0 saturated carbocycles. The number of carbonyl (C=O) groups is 2. The summed E-state index contributed by atoms with van der Waals surface area (Å²) in [6, 6.07) is 0.0489. The van der Waals surface area contributed by atoms with Gasteiger partial charge in [0.2, 0.25) is 0 Å². The van der Waals surface area contributed by atoms with Gasteiger partial charge in [-0.2, -0.15) is 0 Å². The monoisotopic (exact) mass is 298 g/mol. The Kier molecular flexibility index (Phi) is 6.23. The van der Waals surface area contributed by atoms with E-state index in [-0.39, 0.29) is 19.1 Å². The summed E-state index contributed by atoms with van der Waals surface area (Å²) >= 11 is 0. The molecule has 0 radical (unpaired) electrons. The average molecular weight is 298 g/mol. The summed E-state index contributed by atoms with van der Waals surface area (Å²) in [7, 11) is 1.48. The van der Waals surface area contributed by atoms with Crippen LogP contribution in [0.5, 0.6) is 0 Å². The van der Waals surface area contributed by atoms with E-state index >= 15 is 0 Å². The fourth-order valence-electron chi connectivity index (χ4n) is 2.05. The lowest BCUT2D eigenvalue weighted by Crippen LogP contribution is -2.47. The highest BCUT2D eigenvalue weighted by Crippen LogP contribution is 2.20. The quantitative estimate of drug-likeness (QED) is 0.712. The fraction of sp³-hybridized carbons (Fsp3) is 0.571. The van der Waals surface area contributed by atoms with Gasteiger partial charge in [-0.15, -0.1) is 0 Å². The zero-order valence-electron chi connectivity index (χ0n) is 12.7. The Bertz CT molecular complexity index is 498. The lowest BCUT2D eigenvalue weighted by atomic mass is 10.1. The molecule has 2 unspecified atom stereocenters. The number of carboxylic acids is 1. The van der Waals surface area contributed by atoms with E-state index in [4.69, 9.17) is 14.3 Å². The number of hydrogen-bond donors (Lipinski definition) is 3. The largest absolute Gasteiger partial charge is 0.480 e. The number of hydrogen-bond acceptors (Lipinski definition) is 4. The molecule has 0 aliphatic carbocycles. The molecule has 3 N–H and O–H groups in total. The Morgan fingerprint density at radius 1 is 1.38 bits per heavy atom. The molecule has 0 aromatic carbocycles. The van der Waals surface area contributed by atoms with Gasteiger partial charge in [0.1, 0.15) is 17.6 Å². The SMILES string of the molecule is COCCC(NC(=O)NC(C)c1cc(C)oc1C)C(=O)O. The molecule has 0 spiro atoms. The number of amides is 2. The van der Waals surface area contributed by atoms with Gasteiger partial charge in [0.25, 0.3) is 0 Å². The van der Waals surface area contributed by atoms with Crippen molar-refractivity contribution in [1.82, 2.24) is 10.6 Å². The summed E-state index contributed by atoms with van der Waals surface area (Å²) in [5.41, 5.74) is 0.867. The molecule has 21 heavy (non-hydrogen) atoms. The second-order valence-electron chi connectivity index (χ2n) is 4.88. The van der Waals surface area contributed by atoms with E-state index < -0.39 is 18.0 Å². The molecule has 2 amide bonds. The van der Waals surface area contributed by atoms with Gasteiger partial charge in [-0.25, -0.2) is 9.59 Å². The van der Waals surface area contributed by atoms with E-state index in [0.29, 0.717) is 0 Å². The second-order valence-corrected chi connectivity index (χ2v) is 4.88. The van der Waals surface area contributed by atoms with Crippen molar-refractivity contribution in [2.24, 2.45) is 0 Å². The van der Waals surface area contributed by atoms with Gasteiger partial charge in [-0.3, -0.25) is 0 Å². The molecule has 1 aromatic rings. The highest BCUT2D eigenvalue weighted by Gasteiger charge is 2.21. The molecule has 0 saturated heterocycles. The van der Waals surface area contributed by atoms with Gasteiger partial charge in [-0.1, -0.05) is 0 Å². The Morgan fingerprint density at radius 3 is 2.52 bits per heavy atom. The van der Waals surface area contributed by atoms with E-state index in [1.165, 1.54) is 7.11 Å².